The molecule has 3 rings (SSSR count). The predicted molar refractivity (Wildman–Crippen MR) is 86.6 cm³/mol. The molecule has 0 saturated heterocycles. The van der Waals surface area contributed by atoms with Crippen molar-refractivity contribution in [2.75, 3.05) is 6.79 Å². The van der Waals surface area contributed by atoms with Crippen molar-refractivity contribution in [1.29, 1.82) is 0 Å². The van der Waals surface area contributed by atoms with E-state index in [9.17, 15) is 0 Å². The number of benzene rings is 1. The number of rotatable bonds is 3. The molecule has 0 aromatic heterocycles. The van der Waals surface area contributed by atoms with Crippen LogP contribution in [0.15, 0.2) is 18.2 Å². The normalized spacial score (nSPS) is 23.7. The van der Waals surface area contributed by atoms with Crippen molar-refractivity contribution >= 4 is 17.3 Å². The fraction of sp³-hybridized carbons (Fsp3) is 0.562. The minimum Gasteiger partial charge on any atom is -0.454 e. The first-order valence-electron chi connectivity index (χ1n) is 7.65. The van der Waals surface area contributed by atoms with Crippen molar-refractivity contribution in [3.63, 3.8) is 0 Å². The first-order chi connectivity index (χ1) is 10.2. The van der Waals surface area contributed by atoms with Crippen molar-refractivity contribution in [3.8, 4) is 11.5 Å². The van der Waals surface area contributed by atoms with E-state index in [1.54, 1.807) is 0 Å². The van der Waals surface area contributed by atoms with E-state index in [-0.39, 0.29) is 0 Å². The second-order valence-corrected chi connectivity index (χ2v) is 6.29. The van der Waals surface area contributed by atoms with Gasteiger partial charge in [-0.1, -0.05) is 25.8 Å². The molecule has 0 bridgehead atoms. The van der Waals surface area contributed by atoms with Gasteiger partial charge in [0.2, 0.25) is 6.79 Å². The third kappa shape index (κ3) is 3.59. The van der Waals surface area contributed by atoms with E-state index in [1.807, 2.05) is 18.2 Å². The molecule has 1 heterocycles. The summed E-state index contributed by atoms with van der Waals surface area (Å²) in [6.45, 7) is 3.31. The van der Waals surface area contributed by atoms with Crippen LogP contribution in [0.4, 0.5) is 0 Å². The van der Waals surface area contributed by atoms with Gasteiger partial charge in [0.05, 0.1) is 0 Å². The van der Waals surface area contributed by atoms with E-state index in [1.165, 1.54) is 25.7 Å². The minimum absolute atomic E-state index is 0.311. The molecule has 4 nitrogen and oxygen atoms in total. The molecule has 2 atom stereocenters. The topological polar surface area (TPSA) is 42.5 Å². The summed E-state index contributed by atoms with van der Waals surface area (Å²) in [7, 11) is 0. The van der Waals surface area contributed by atoms with Gasteiger partial charge in [-0.15, -0.1) is 0 Å². The first kappa shape index (κ1) is 14.4. The molecule has 2 aliphatic rings. The van der Waals surface area contributed by atoms with E-state index in [4.69, 9.17) is 21.7 Å². The molecule has 114 valence electrons. The van der Waals surface area contributed by atoms with Gasteiger partial charge in [-0.05, 0) is 48.7 Å². The summed E-state index contributed by atoms with van der Waals surface area (Å²) in [6.07, 6.45) is 5.15. The van der Waals surface area contributed by atoms with Gasteiger partial charge in [0.1, 0.15) is 0 Å². The zero-order chi connectivity index (χ0) is 14.7. The Labute approximate surface area is 131 Å². The zero-order valence-corrected chi connectivity index (χ0v) is 13.2. The fourth-order valence-electron chi connectivity index (χ4n) is 2.98. The van der Waals surface area contributed by atoms with Gasteiger partial charge in [-0.2, -0.15) is 0 Å². The quantitative estimate of drug-likeness (QED) is 0.841. The van der Waals surface area contributed by atoms with Gasteiger partial charge in [-0.25, -0.2) is 0 Å². The third-order valence-electron chi connectivity index (χ3n) is 4.32. The van der Waals surface area contributed by atoms with Crippen LogP contribution in [0.3, 0.4) is 0 Å². The van der Waals surface area contributed by atoms with Crippen LogP contribution in [0.2, 0.25) is 0 Å². The van der Waals surface area contributed by atoms with E-state index in [2.05, 4.69) is 17.6 Å². The van der Waals surface area contributed by atoms with Gasteiger partial charge in [0.15, 0.2) is 16.6 Å². The Bertz CT molecular complexity index is 521. The van der Waals surface area contributed by atoms with E-state index < -0.39 is 0 Å². The number of ether oxygens (including phenoxy) is 2. The van der Waals surface area contributed by atoms with Crippen LogP contribution in [0.1, 0.15) is 38.2 Å². The third-order valence-corrected chi connectivity index (χ3v) is 4.58. The number of fused-ring (bicyclic) bond motifs is 1. The Kier molecular flexibility index (Phi) is 4.48. The fourth-order valence-corrected chi connectivity index (χ4v) is 3.21. The smallest absolute Gasteiger partial charge is 0.231 e. The van der Waals surface area contributed by atoms with Crippen LogP contribution < -0.4 is 20.1 Å². The summed E-state index contributed by atoms with van der Waals surface area (Å²) in [6, 6.07) is 6.49. The SMILES string of the molecule is C[C@H]1CCCC[C@@H]1NC(=S)NCc1ccc2c(c1)OCO2. The Morgan fingerprint density at radius 1 is 1.24 bits per heavy atom. The van der Waals surface area contributed by atoms with Crippen LogP contribution in [-0.2, 0) is 6.54 Å². The molecule has 0 spiro atoms. The maximum atomic E-state index is 5.41. The summed E-state index contributed by atoms with van der Waals surface area (Å²) in [5, 5.41) is 7.48. The van der Waals surface area contributed by atoms with Crippen LogP contribution in [0.25, 0.3) is 0 Å². The first-order valence-corrected chi connectivity index (χ1v) is 8.06. The Balaban J connectivity index is 1.49. The van der Waals surface area contributed by atoms with Crippen molar-refractivity contribution in [2.45, 2.75) is 45.2 Å². The highest BCUT2D eigenvalue weighted by Crippen LogP contribution is 2.32. The molecule has 1 aliphatic heterocycles. The molecule has 1 fully saturated rings. The molecular formula is C16H22N2O2S. The van der Waals surface area contributed by atoms with E-state index >= 15 is 0 Å². The molecule has 0 unspecified atom stereocenters. The monoisotopic (exact) mass is 306 g/mol. The number of hydrogen-bond acceptors (Lipinski definition) is 3. The van der Waals surface area contributed by atoms with E-state index in [0.29, 0.717) is 25.3 Å². The Morgan fingerprint density at radius 2 is 2.05 bits per heavy atom. The standard InChI is InChI=1S/C16H22N2O2S/c1-11-4-2-3-5-13(11)18-16(21)17-9-12-6-7-14-15(8-12)20-10-19-14/h6-8,11,13H,2-5,9-10H2,1H3,(H2,17,18,21)/t11-,13-/m0/s1. The Morgan fingerprint density at radius 3 is 2.90 bits per heavy atom. The Hall–Kier alpha value is -1.49. The molecule has 1 saturated carbocycles. The van der Waals surface area contributed by atoms with Crippen molar-refractivity contribution in [1.82, 2.24) is 10.6 Å². The number of hydrogen-bond donors (Lipinski definition) is 2. The lowest BCUT2D eigenvalue weighted by molar-refractivity contribution is 0.174. The molecule has 0 radical (unpaired) electrons. The molecule has 5 heteroatoms. The average molecular weight is 306 g/mol. The highest BCUT2D eigenvalue weighted by molar-refractivity contribution is 7.80. The van der Waals surface area contributed by atoms with Crippen LogP contribution in [0, 0.1) is 5.92 Å². The van der Waals surface area contributed by atoms with Crippen LogP contribution in [0.5, 0.6) is 11.5 Å². The van der Waals surface area contributed by atoms with E-state index in [0.717, 1.165) is 22.2 Å². The van der Waals surface area contributed by atoms with Gasteiger partial charge in [0.25, 0.3) is 0 Å². The summed E-state index contributed by atoms with van der Waals surface area (Å²) in [5.41, 5.74) is 1.14. The van der Waals surface area contributed by atoms with Gasteiger partial charge < -0.3 is 20.1 Å². The lowest BCUT2D eigenvalue weighted by Crippen LogP contribution is -2.45. The summed E-state index contributed by atoms with van der Waals surface area (Å²) in [5.74, 6) is 2.33. The lowest BCUT2D eigenvalue weighted by atomic mass is 9.86. The van der Waals surface area contributed by atoms with Crippen LogP contribution in [-0.4, -0.2) is 17.9 Å². The van der Waals surface area contributed by atoms with Gasteiger partial charge in [-0.3, -0.25) is 0 Å². The average Bonchev–Trinajstić information content (AvgIpc) is 2.95. The summed E-state index contributed by atoms with van der Waals surface area (Å²) < 4.78 is 10.7. The molecule has 2 N–H and O–H groups in total. The van der Waals surface area contributed by atoms with Crippen molar-refractivity contribution in [2.24, 2.45) is 5.92 Å². The lowest BCUT2D eigenvalue weighted by Gasteiger charge is -2.30. The molecule has 0 amide bonds. The van der Waals surface area contributed by atoms with Crippen molar-refractivity contribution < 1.29 is 9.47 Å². The highest BCUT2D eigenvalue weighted by Gasteiger charge is 2.21. The number of nitrogens with one attached hydrogen (secondary N) is 2. The maximum absolute atomic E-state index is 5.41. The summed E-state index contributed by atoms with van der Waals surface area (Å²) >= 11 is 5.41. The molecular weight excluding hydrogens is 284 g/mol. The van der Waals surface area contributed by atoms with Crippen LogP contribution >= 0.6 is 12.2 Å². The number of thiocarbonyl (C=S) groups is 1. The molecule has 1 aliphatic carbocycles. The molecule has 1 aromatic rings. The second kappa shape index (κ2) is 6.52. The van der Waals surface area contributed by atoms with Gasteiger partial charge >= 0.3 is 0 Å². The molecule has 21 heavy (non-hydrogen) atoms. The van der Waals surface area contributed by atoms with Crippen molar-refractivity contribution in [3.05, 3.63) is 23.8 Å². The maximum Gasteiger partial charge on any atom is 0.231 e. The minimum atomic E-state index is 0.311. The predicted octanol–water partition coefficient (Wildman–Crippen LogP) is 2.96. The summed E-state index contributed by atoms with van der Waals surface area (Å²) in [4.78, 5) is 0. The zero-order valence-electron chi connectivity index (χ0n) is 12.4. The van der Waals surface area contributed by atoms with Gasteiger partial charge in [0, 0.05) is 12.6 Å². The molecule has 1 aromatic carbocycles. The highest BCUT2D eigenvalue weighted by atomic mass is 32.1. The largest absolute Gasteiger partial charge is 0.454 e. The second-order valence-electron chi connectivity index (χ2n) is 5.88.